The molecule has 0 aromatic rings. The van der Waals surface area contributed by atoms with Crippen LogP contribution in [0.5, 0.6) is 0 Å². The SMILES string of the molecule is CCOC(=O)CC1/C(=C(/O)OCC)[N+](=O)OC1C(=O)OCC. The summed E-state index contributed by atoms with van der Waals surface area (Å²) in [5.74, 6) is -3.19. The zero-order valence-electron chi connectivity index (χ0n) is 12.7. The van der Waals surface area contributed by atoms with Crippen molar-refractivity contribution in [3.8, 4) is 0 Å². The van der Waals surface area contributed by atoms with Gasteiger partial charge in [-0.2, -0.15) is 0 Å². The molecule has 0 spiro atoms. The molecule has 2 atom stereocenters. The highest BCUT2D eigenvalue weighted by Gasteiger charge is 2.57. The molecule has 0 aromatic carbocycles. The molecule has 1 N–H and O–H groups in total. The predicted octanol–water partition coefficient (Wildman–Crippen LogP) is 0.975. The quantitative estimate of drug-likeness (QED) is 0.546. The summed E-state index contributed by atoms with van der Waals surface area (Å²) < 4.78 is 14.5. The average Bonchev–Trinajstić information content (AvgIpc) is 2.76. The van der Waals surface area contributed by atoms with Crippen LogP contribution < -0.4 is 0 Å². The van der Waals surface area contributed by atoms with E-state index in [-0.39, 0.29) is 36.9 Å². The van der Waals surface area contributed by atoms with Crippen molar-refractivity contribution in [2.45, 2.75) is 33.3 Å². The van der Waals surface area contributed by atoms with Gasteiger partial charge in [0.1, 0.15) is 5.92 Å². The maximum absolute atomic E-state index is 11.9. The minimum atomic E-state index is -1.35. The Balaban J connectivity index is 3.08. The molecule has 0 aromatic heterocycles. The Morgan fingerprint density at radius 2 is 1.73 bits per heavy atom. The van der Waals surface area contributed by atoms with Crippen molar-refractivity contribution >= 4 is 11.9 Å². The van der Waals surface area contributed by atoms with Crippen LogP contribution in [0.2, 0.25) is 0 Å². The van der Waals surface area contributed by atoms with Gasteiger partial charge in [-0.1, -0.05) is 0 Å². The summed E-state index contributed by atoms with van der Waals surface area (Å²) in [6.07, 6.45) is -1.68. The lowest BCUT2D eigenvalue weighted by Gasteiger charge is -2.10. The van der Waals surface area contributed by atoms with Crippen molar-refractivity contribution in [3.63, 3.8) is 0 Å². The molecule has 0 saturated carbocycles. The summed E-state index contributed by atoms with van der Waals surface area (Å²) in [5, 5.41) is 9.79. The molecule has 0 radical (unpaired) electrons. The first-order valence-corrected chi connectivity index (χ1v) is 6.98. The number of aliphatic hydroxyl groups is 1. The second-order valence-electron chi connectivity index (χ2n) is 4.27. The van der Waals surface area contributed by atoms with Gasteiger partial charge in [0.05, 0.1) is 31.1 Å². The van der Waals surface area contributed by atoms with Gasteiger partial charge in [0.2, 0.25) is 0 Å². The van der Waals surface area contributed by atoms with E-state index in [1.807, 2.05) is 0 Å². The second-order valence-corrected chi connectivity index (χ2v) is 4.27. The summed E-state index contributed by atoms with van der Waals surface area (Å²) >= 11 is 0. The molecule has 1 fully saturated rings. The maximum atomic E-state index is 11.9. The standard InChI is InChI=1S/C13H19NO8/c1-4-19-9(15)7-8-10(12(16)20-5-2)14(18)22-11(8)13(17)21-6-3/h8,11H,4-7H2,1-3H3/p+1. The summed E-state index contributed by atoms with van der Waals surface area (Å²) in [5.41, 5.74) is -0.340. The fraction of sp³-hybridized carbons (Fsp3) is 0.692. The van der Waals surface area contributed by atoms with Gasteiger partial charge in [-0.3, -0.25) is 4.79 Å². The first-order chi connectivity index (χ1) is 10.5. The minimum Gasteiger partial charge on any atom is -0.476 e. The largest absolute Gasteiger partial charge is 0.476 e. The maximum Gasteiger partial charge on any atom is 0.380 e. The normalized spacial score (nSPS) is 22.8. The van der Waals surface area contributed by atoms with E-state index in [0.717, 1.165) is 0 Å². The Bertz CT molecular complexity index is 473. The lowest BCUT2D eigenvalue weighted by Crippen LogP contribution is -2.31. The molecule has 1 aliphatic heterocycles. The molecule has 1 heterocycles. The number of carbonyl (C=O) groups is 2. The molecule has 1 aliphatic rings. The van der Waals surface area contributed by atoms with Crippen molar-refractivity contribution in [2.24, 2.45) is 5.92 Å². The van der Waals surface area contributed by atoms with Crippen molar-refractivity contribution in [3.05, 3.63) is 16.5 Å². The Morgan fingerprint density at radius 1 is 1.14 bits per heavy atom. The lowest BCUT2D eigenvalue weighted by atomic mass is 9.96. The van der Waals surface area contributed by atoms with Gasteiger partial charge in [0.25, 0.3) is 11.0 Å². The third kappa shape index (κ3) is 4.09. The Morgan fingerprint density at radius 3 is 2.27 bits per heavy atom. The van der Waals surface area contributed by atoms with Gasteiger partial charge in [-0.25, -0.2) is 9.63 Å². The van der Waals surface area contributed by atoms with E-state index in [4.69, 9.17) is 19.0 Å². The lowest BCUT2D eigenvalue weighted by molar-refractivity contribution is -0.756. The first kappa shape index (κ1) is 17.7. The van der Waals surface area contributed by atoms with Crippen molar-refractivity contribution < 1.29 is 38.7 Å². The summed E-state index contributed by atoms with van der Waals surface area (Å²) in [6.45, 7) is 5.15. The summed E-state index contributed by atoms with van der Waals surface area (Å²) in [4.78, 5) is 40.1. The molecule has 22 heavy (non-hydrogen) atoms. The Kier molecular flexibility index (Phi) is 6.61. The van der Waals surface area contributed by atoms with Crippen molar-refractivity contribution in [1.29, 1.82) is 0 Å². The average molecular weight is 318 g/mol. The number of aliphatic hydroxyl groups excluding tert-OH is 1. The minimum absolute atomic E-state index is 0.0313. The van der Waals surface area contributed by atoms with Crippen LogP contribution in [0.25, 0.3) is 0 Å². The molecule has 9 heteroatoms. The summed E-state index contributed by atoms with van der Waals surface area (Å²) in [7, 11) is 0. The number of hydrogen-bond donors (Lipinski definition) is 1. The third-order valence-electron chi connectivity index (χ3n) is 2.83. The van der Waals surface area contributed by atoms with Crippen LogP contribution in [0, 0.1) is 10.8 Å². The van der Waals surface area contributed by atoms with Crippen LogP contribution >= 0.6 is 0 Å². The predicted molar refractivity (Wildman–Crippen MR) is 71.2 cm³/mol. The molecule has 1 rings (SSSR count). The van der Waals surface area contributed by atoms with E-state index in [2.05, 4.69) is 0 Å². The van der Waals surface area contributed by atoms with Gasteiger partial charge in [-0.15, -0.1) is 0 Å². The van der Waals surface area contributed by atoms with Gasteiger partial charge in [0.15, 0.2) is 0 Å². The summed E-state index contributed by atoms with van der Waals surface area (Å²) in [6, 6.07) is 0. The molecular formula is C13H20NO8+. The highest BCUT2D eigenvalue weighted by atomic mass is 16.8. The topological polar surface area (TPSA) is 111 Å². The van der Waals surface area contributed by atoms with E-state index >= 15 is 0 Å². The number of hydrogen-bond acceptors (Lipinski definition) is 8. The number of carbonyl (C=O) groups excluding carboxylic acids is 2. The smallest absolute Gasteiger partial charge is 0.380 e. The number of esters is 2. The van der Waals surface area contributed by atoms with Crippen LogP contribution in [0.3, 0.4) is 0 Å². The van der Waals surface area contributed by atoms with Crippen LogP contribution in [0.15, 0.2) is 11.6 Å². The van der Waals surface area contributed by atoms with Crippen LogP contribution in [-0.2, 0) is 28.6 Å². The van der Waals surface area contributed by atoms with Crippen molar-refractivity contribution in [1.82, 2.24) is 0 Å². The van der Waals surface area contributed by atoms with Crippen LogP contribution in [0.1, 0.15) is 27.2 Å². The van der Waals surface area contributed by atoms with Crippen LogP contribution in [-0.4, -0.2) is 47.9 Å². The monoisotopic (exact) mass is 318 g/mol. The molecule has 9 nitrogen and oxygen atoms in total. The Labute approximate surface area is 127 Å². The fourth-order valence-electron chi connectivity index (χ4n) is 1.99. The van der Waals surface area contributed by atoms with E-state index in [0.29, 0.717) is 0 Å². The van der Waals surface area contributed by atoms with E-state index < -0.39 is 29.9 Å². The van der Waals surface area contributed by atoms with Gasteiger partial charge in [-0.05, 0) is 20.8 Å². The number of nitrogens with zero attached hydrogens (tertiary/aromatic N) is 1. The van der Waals surface area contributed by atoms with Crippen molar-refractivity contribution in [2.75, 3.05) is 19.8 Å². The number of rotatable bonds is 7. The molecule has 0 aliphatic carbocycles. The fourth-order valence-corrected chi connectivity index (χ4v) is 1.99. The Hall–Kier alpha value is -2.32. The molecule has 2 unspecified atom stereocenters. The molecule has 0 bridgehead atoms. The van der Waals surface area contributed by atoms with Gasteiger partial charge in [0, 0.05) is 0 Å². The molecule has 0 amide bonds. The zero-order valence-corrected chi connectivity index (χ0v) is 12.7. The van der Waals surface area contributed by atoms with E-state index in [1.165, 1.54) is 0 Å². The van der Waals surface area contributed by atoms with Gasteiger partial charge < -0.3 is 19.3 Å². The van der Waals surface area contributed by atoms with E-state index in [9.17, 15) is 19.6 Å². The van der Waals surface area contributed by atoms with Crippen LogP contribution in [0.4, 0.5) is 0 Å². The highest BCUT2D eigenvalue weighted by molar-refractivity contribution is 5.78. The molecule has 124 valence electrons. The third-order valence-corrected chi connectivity index (χ3v) is 2.83. The second kappa shape index (κ2) is 8.20. The van der Waals surface area contributed by atoms with E-state index in [1.54, 1.807) is 20.8 Å². The molecular weight excluding hydrogens is 298 g/mol. The zero-order chi connectivity index (χ0) is 16.7. The number of ether oxygens (including phenoxy) is 3. The molecule has 1 saturated heterocycles. The van der Waals surface area contributed by atoms with Gasteiger partial charge >= 0.3 is 23.6 Å². The first-order valence-electron chi connectivity index (χ1n) is 6.98. The highest BCUT2D eigenvalue weighted by Crippen LogP contribution is 2.33.